The standard InChI is InChI=1S/C72H84O3/c1-4-7-10-13-16-19-52-73-70-46-34-61(35-47-70)25-22-58-28-40-64(41-29-58)67-55-68(65-42-30-59(31-43-65)23-26-62-36-48-71(49-37-62)74-53-20-17-14-11-8-5-2)57-69(56-67)66-44-32-60(33-45-66)24-27-63-38-50-72(51-39-63)75-54-21-18-15-12-9-6-3/h22-51,55-57H,4-21,52-54H2,1-3H3/b25-22+,26-23+,27-24+. The minimum absolute atomic E-state index is 0.782. The SMILES string of the molecule is CCCCCCCCOc1ccc(/C=C/c2ccc(-c3cc(-c4ccc(/C=C/c5ccc(OCCCCCCCC)cc5)cc4)cc(-c4ccc(/C=C/c5ccc(OCCCCCCCC)cc5)cc4)c3)cc2)cc1. The number of benzene rings is 7. The maximum atomic E-state index is 6.03. The Morgan fingerprint density at radius 2 is 0.427 bits per heavy atom. The third-order valence-corrected chi connectivity index (χ3v) is 14.0. The Morgan fingerprint density at radius 1 is 0.227 bits per heavy atom. The van der Waals surface area contributed by atoms with E-state index >= 15 is 0 Å². The van der Waals surface area contributed by atoms with Crippen LogP contribution in [0.4, 0.5) is 0 Å². The fourth-order valence-corrected chi connectivity index (χ4v) is 9.31. The lowest BCUT2D eigenvalue weighted by atomic mass is 9.92. The minimum atomic E-state index is 0.782. The Balaban J connectivity index is 1.02. The molecule has 75 heavy (non-hydrogen) atoms. The van der Waals surface area contributed by atoms with Gasteiger partial charge in [0.15, 0.2) is 0 Å². The molecule has 7 rings (SSSR count). The topological polar surface area (TPSA) is 27.7 Å². The summed E-state index contributed by atoms with van der Waals surface area (Å²) < 4.78 is 18.1. The molecule has 3 heteroatoms. The molecule has 0 saturated carbocycles. The van der Waals surface area contributed by atoms with Gasteiger partial charge in [-0.3, -0.25) is 0 Å². The lowest BCUT2D eigenvalue weighted by Gasteiger charge is -2.12. The van der Waals surface area contributed by atoms with Crippen LogP contribution in [0.15, 0.2) is 164 Å². The van der Waals surface area contributed by atoms with E-state index in [1.54, 1.807) is 0 Å². The third kappa shape index (κ3) is 20.1. The van der Waals surface area contributed by atoms with Crippen LogP contribution in [-0.4, -0.2) is 19.8 Å². The minimum Gasteiger partial charge on any atom is -0.494 e. The first-order valence-electron chi connectivity index (χ1n) is 28.7. The van der Waals surface area contributed by atoms with Crippen LogP contribution in [0.25, 0.3) is 69.8 Å². The van der Waals surface area contributed by atoms with E-state index in [1.165, 1.54) is 130 Å². The van der Waals surface area contributed by atoms with Gasteiger partial charge in [0.05, 0.1) is 19.8 Å². The van der Waals surface area contributed by atoms with Gasteiger partial charge in [-0.1, -0.05) is 263 Å². The van der Waals surface area contributed by atoms with Crippen LogP contribution in [0, 0.1) is 0 Å². The van der Waals surface area contributed by atoms with Gasteiger partial charge >= 0.3 is 0 Å². The van der Waals surface area contributed by atoms with Gasteiger partial charge in [0.25, 0.3) is 0 Å². The molecule has 0 aromatic heterocycles. The number of hydrogen-bond acceptors (Lipinski definition) is 3. The molecule has 0 aliphatic carbocycles. The van der Waals surface area contributed by atoms with Crippen LogP contribution in [0.5, 0.6) is 17.2 Å². The third-order valence-electron chi connectivity index (χ3n) is 14.0. The Morgan fingerprint density at radius 3 is 0.653 bits per heavy atom. The van der Waals surface area contributed by atoms with Crippen molar-refractivity contribution in [1.82, 2.24) is 0 Å². The zero-order valence-electron chi connectivity index (χ0n) is 45.6. The van der Waals surface area contributed by atoms with Gasteiger partial charge in [0.2, 0.25) is 0 Å². The normalized spacial score (nSPS) is 11.6. The van der Waals surface area contributed by atoms with Crippen LogP contribution in [0.2, 0.25) is 0 Å². The largest absolute Gasteiger partial charge is 0.494 e. The summed E-state index contributed by atoms with van der Waals surface area (Å²) in [5, 5.41) is 0. The van der Waals surface area contributed by atoms with Crippen molar-refractivity contribution < 1.29 is 14.2 Å². The fraction of sp³-hybridized carbons (Fsp3) is 0.333. The number of ether oxygens (including phenoxy) is 3. The zero-order chi connectivity index (χ0) is 52.0. The van der Waals surface area contributed by atoms with Crippen LogP contribution in [-0.2, 0) is 0 Å². The zero-order valence-corrected chi connectivity index (χ0v) is 45.6. The van der Waals surface area contributed by atoms with Gasteiger partial charge < -0.3 is 14.2 Å². The molecule has 390 valence electrons. The van der Waals surface area contributed by atoms with Crippen molar-refractivity contribution in [1.29, 1.82) is 0 Å². The first-order valence-corrected chi connectivity index (χ1v) is 28.7. The van der Waals surface area contributed by atoms with E-state index in [9.17, 15) is 0 Å². The number of unbranched alkanes of at least 4 members (excludes halogenated alkanes) is 15. The molecule has 7 aromatic rings. The van der Waals surface area contributed by atoms with Crippen molar-refractivity contribution in [2.45, 2.75) is 136 Å². The second kappa shape index (κ2) is 32.5. The van der Waals surface area contributed by atoms with Crippen molar-refractivity contribution in [3.05, 3.63) is 197 Å². The molecule has 0 spiro atoms. The summed E-state index contributed by atoms with van der Waals surface area (Å²) in [6.07, 6.45) is 35.9. The second-order valence-electron chi connectivity index (χ2n) is 20.2. The van der Waals surface area contributed by atoms with Gasteiger partial charge in [-0.05, 0) is 141 Å². The van der Waals surface area contributed by atoms with Crippen molar-refractivity contribution in [3.8, 4) is 50.6 Å². The van der Waals surface area contributed by atoms with Crippen molar-refractivity contribution in [2.75, 3.05) is 19.8 Å². The molecule has 0 atom stereocenters. The van der Waals surface area contributed by atoms with E-state index < -0.39 is 0 Å². The maximum absolute atomic E-state index is 6.03. The summed E-state index contributed by atoms with van der Waals surface area (Å²) >= 11 is 0. The molecule has 0 amide bonds. The van der Waals surface area contributed by atoms with Crippen LogP contribution < -0.4 is 14.2 Å². The number of rotatable bonds is 33. The predicted octanol–water partition coefficient (Wildman–Crippen LogP) is 21.4. The predicted molar refractivity (Wildman–Crippen MR) is 325 cm³/mol. The summed E-state index contributed by atoms with van der Waals surface area (Å²) in [6.45, 7) is 9.13. The number of hydrogen-bond donors (Lipinski definition) is 0. The van der Waals surface area contributed by atoms with Crippen molar-refractivity contribution in [3.63, 3.8) is 0 Å². The highest BCUT2D eigenvalue weighted by Gasteiger charge is 2.09. The monoisotopic (exact) mass is 997 g/mol. The summed E-state index contributed by atoms with van der Waals surface area (Å²) in [7, 11) is 0. The Hall–Kier alpha value is -6.84. The molecule has 0 aliphatic rings. The Kier molecular flexibility index (Phi) is 24.2. The van der Waals surface area contributed by atoms with E-state index in [-0.39, 0.29) is 0 Å². The van der Waals surface area contributed by atoms with Gasteiger partial charge in [-0.25, -0.2) is 0 Å². The average molecular weight is 997 g/mol. The smallest absolute Gasteiger partial charge is 0.119 e. The van der Waals surface area contributed by atoms with E-state index in [4.69, 9.17) is 14.2 Å². The van der Waals surface area contributed by atoms with E-state index in [0.717, 1.165) is 89.7 Å². The molecule has 0 heterocycles. The van der Waals surface area contributed by atoms with Crippen LogP contribution >= 0.6 is 0 Å². The highest BCUT2D eigenvalue weighted by molar-refractivity contribution is 5.83. The Labute approximate surface area is 452 Å². The molecule has 7 aromatic carbocycles. The molecular formula is C72H84O3. The lowest BCUT2D eigenvalue weighted by Crippen LogP contribution is -1.97. The van der Waals surface area contributed by atoms with Crippen molar-refractivity contribution >= 4 is 36.5 Å². The van der Waals surface area contributed by atoms with Gasteiger partial charge in [-0.2, -0.15) is 0 Å². The van der Waals surface area contributed by atoms with Crippen LogP contribution in [0.3, 0.4) is 0 Å². The summed E-state index contributed by atoms with van der Waals surface area (Å²) in [5.41, 5.74) is 14.0. The fourth-order valence-electron chi connectivity index (χ4n) is 9.31. The summed E-state index contributed by atoms with van der Waals surface area (Å²) in [4.78, 5) is 0. The molecule has 0 unspecified atom stereocenters. The molecule has 0 radical (unpaired) electrons. The molecule has 3 nitrogen and oxygen atoms in total. The van der Waals surface area contributed by atoms with Gasteiger partial charge in [-0.15, -0.1) is 0 Å². The highest BCUT2D eigenvalue weighted by Crippen LogP contribution is 2.34. The first kappa shape index (κ1) is 55.9. The molecular weight excluding hydrogens is 913 g/mol. The first-order chi connectivity index (χ1) is 37.0. The van der Waals surface area contributed by atoms with E-state index in [1.807, 2.05) is 0 Å². The van der Waals surface area contributed by atoms with E-state index in [2.05, 4.69) is 221 Å². The lowest BCUT2D eigenvalue weighted by molar-refractivity contribution is 0.304. The van der Waals surface area contributed by atoms with Crippen LogP contribution in [0.1, 0.15) is 170 Å². The molecule has 0 aliphatic heterocycles. The van der Waals surface area contributed by atoms with Crippen molar-refractivity contribution in [2.24, 2.45) is 0 Å². The summed E-state index contributed by atoms with van der Waals surface area (Å²) in [5.74, 6) is 2.82. The highest BCUT2D eigenvalue weighted by atomic mass is 16.5. The average Bonchev–Trinajstić information content (AvgIpc) is 3.46. The Bertz CT molecular complexity index is 2420. The maximum Gasteiger partial charge on any atom is 0.119 e. The van der Waals surface area contributed by atoms with E-state index in [0.29, 0.717) is 0 Å². The second-order valence-corrected chi connectivity index (χ2v) is 20.2. The molecule has 0 fully saturated rings. The van der Waals surface area contributed by atoms with Gasteiger partial charge in [0, 0.05) is 0 Å². The quantitative estimate of drug-likeness (QED) is 0.0303. The molecule has 0 N–H and O–H groups in total. The molecule has 0 bridgehead atoms. The van der Waals surface area contributed by atoms with Gasteiger partial charge in [0.1, 0.15) is 17.2 Å². The molecule has 0 saturated heterocycles. The summed E-state index contributed by atoms with van der Waals surface area (Å²) in [6, 6.07) is 59.0.